The third-order valence-electron chi connectivity index (χ3n) is 4.26. The molecule has 0 radical (unpaired) electrons. The van der Waals surface area contributed by atoms with Crippen LogP contribution in [0.15, 0.2) is 30.6 Å². The molecule has 1 aliphatic heterocycles. The van der Waals surface area contributed by atoms with E-state index in [9.17, 15) is 18.0 Å². The van der Waals surface area contributed by atoms with Crippen molar-refractivity contribution in [3.05, 3.63) is 47.5 Å². The summed E-state index contributed by atoms with van der Waals surface area (Å²) >= 11 is 0. The highest BCUT2D eigenvalue weighted by Crippen LogP contribution is 2.32. The van der Waals surface area contributed by atoms with Gasteiger partial charge in [0.25, 0.3) is 0 Å². The molecule has 2 aromatic rings. The van der Waals surface area contributed by atoms with Gasteiger partial charge in [0.1, 0.15) is 12.2 Å². The molecular weight excluding hydrogens is 321 g/mol. The fourth-order valence-corrected chi connectivity index (χ4v) is 3.06. The van der Waals surface area contributed by atoms with Gasteiger partial charge in [0.15, 0.2) is 0 Å². The lowest BCUT2D eigenvalue weighted by Gasteiger charge is -2.32. The van der Waals surface area contributed by atoms with Gasteiger partial charge in [-0.05, 0) is 24.5 Å². The molecule has 2 heterocycles. The third-order valence-corrected chi connectivity index (χ3v) is 4.26. The van der Waals surface area contributed by atoms with Crippen molar-refractivity contribution in [1.82, 2.24) is 20.1 Å². The quantitative estimate of drug-likeness (QED) is 0.936. The minimum absolute atomic E-state index is 0.0109. The molecule has 5 nitrogen and oxygen atoms in total. The molecule has 1 N–H and O–H groups in total. The van der Waals surface area contributed by atoms with E-state index in [0.717, 1.165) is 18.9 Å². The largest absolute Gasteiger partial charge is 0.416 e. The number of rotatable bonds is 3. The first kappa shape index (κ1) is 16.5. The van der Waals surface area contributed by atoms with Gasteiger partial charge < -0.3 is 4.90 Å². The molecule has 1 aliphatic rings. The third kappa shape index (κ3) is 3.58. The molecule has 0 aliphatic carbocycles. The van der Waals surface area contributed by atoms with Crippen LogP contribution in [0.2, 0.25) is 0 Å². The van der Waals surface area contributed by atoms with Crippen LogP contribution in [-0.2, 0) is 17.4 Å². The molecule has 1 fully saturated rings. The molecule has 0 saturated carbocycles. The summed E-state index contributed by atoms with van der Waals surface area (Å²) in [5.41, 5.74) is -0.737. The Kier molecular flexibility index (Phi) is 4.55. The van der Waals surface area contributed by atoms with Crippen LogP contribution in [0.25, 0.3) is 0 Å². The number of H-pyrrole nitrogens is 1. The molecule has 3 rings (SSSR count). The lowest BCUT2D eigenvalue weighted by molar-refractivity contribution is -0.138. The van der Waals surface area contributed by atoms with Crippen molar-refractivity contribution in [2.24, 2.45) is 0 Å². The summed E-state index contributed by atoms with van der Waals surface area (Å²) in [7, 11) is 0. The van der Waals surface area contributed by atoms with Crippen LogP contribution < -0.4 is 0 Å². The second kappa shape index (κ2) is 6.62. The monoisotopic (exact) mass is 338 g/mol. The molecule has 128 valence electrons. The zero-order valence-electron chi connectivity index (χ0n) is 12.9. The van der Waals surface area contributed by atoms with Gasteiger partial charge in [-0.15, -0.1) is 0 Å². The lowest BCUT2D eigenvalue weighted by atomic mass is 9.96. The van der Waals surface area contributed by atoms with Crippen molar-refractivity contribution < 1.29 is 18.0 Å². The zero-order valence-corrected chi connectivity index (χ0v) is 12.9. The summed E-state index contributed by atoms with van der Waals surface area (Å²) in [6.07, 6.45) is -1.63. The van der Waals surface area contributed by atoms with E-state index >= 15 is 0 Å². The SMILES string of the molecule is O=C(Cc1ccccc1C(F)(F)F)N1CCC[C@H](c2ncn[nH]2)C1. The molecule has 0 unspecified atom stereocenters. The summed E-state index contributed by atoms with van der Waals surface area (Å²) < 4.78 is 39.1. The Morgan fingerprint density at radius 2 is 2.12 bits per heavy atom. The summed E-state index contributed by atoms with van der Waals surface area (Å²) in [4.78, 5) is 18.2. The average molecular weight is 338 g/mol. The number of carbonyl (C=O) groups excluding carboxylic acids is 1. The highest BCUT2D eigenvalue weighted by Gasteiger charge is 2.34. The topological polar surface area (TPSA) is 61.9 Å². The first-order valence-corrected chi connectivity index (χ1v) is 7.73. The van der Waals surface area contributed by atoms with Crippen molar-refractivity contribution >= 4 is 5.91 Å². The summed E-state index contributed by atoms with van der Waals surface area (Å²) in [5.74, 6) is 0.460. The second-order valence-corrected chi connectivity index (χ2v) is 5.88. The van der Waals surface area contributed by atoms with E-state index in [1.54, 1.807) is 4.90 Å². The van der Waals surface area contributed by atoms with Crippen LogP contribution in [0.4, 0.5) is 13.2 Å². The molecular formula is C16H17F3N4O. The molecule has 0 spiro atoms. The summed E-state index contributed by atoms with van der Waals surface area (Å²) in [5, 5.41) is 6.61. The Morgan fingerprint density at radius 3 is 2.83 bits per heavy atom. The fraction of sp³-hybridized carbons (Fsp3) is 0.438. The number of aromatic nitrogens is 3. The van der Waals surface area contributed by atoms with Crippen LogP contribution in [0.3, 0.4) is 0 Å². The number of hydrogen-bond donors (Lipinski definition) is 1. The van der Waals surface area contributed by atoms with Gasteiger partial charge in [0, 0.05) is 19.0 Å². The van der Waals surface area contributed by atoms with Gasteiger partial charge in [0.05, 0.1) is 12.0 Å². The number of amides is 1. The number of aromatic amines is 1. The first-order valence-electron chi connectivity index (χ1n) is 7.73. The highest BCUT2D eigenvalue weighted by molar-refractivity contribution is 5.79. The van der Waals surface area contributed by atoms with Gasteiger partial charge in [0.2, 0.25) is 5.91 Å². The number of nitrogens with one attached hydrogen (secondary N) is 1. The maximum atomic E-state index is 13.0. The second-order valence-electron chi connectivity index (χ2n) is 5.88. The number of nitrogens with zero attached hydrogens (tertiary/aromatic N) is 3. The number of halogens is 3. The van der Waals surface area contributed by atoms with E-state index in [0.29, 0.717) is 18.9 Å². The van der Waals surface area contributed by atoms with Crippen molar-refractivity contribution in [2.45, 2.75) is 31.4 Å². The maximum absolute atomic E-state index is 13.0. The van der Waals surface area contributed by atoms with E-state index in [2.05, 4.69) is 15.2 Å². The van der Waals surface area contributed by atoms with Crippen LogP contribution >= 0.6 is 0 Å². The normalized spacial score (nSPS) is 18.6. The number of benzene rings is 1. The van der Waals surface area contributed by atoms with Crippen molar-refractivity contribution in [3.63, 3.8) is 0 Å². The van der Waals surface area contributed by atoms with Crippen molar-refractivity contribution in [3.8, 4) is 0 Å². The van der Waals surface area contributed by atoms with E-state index in [1.807, 2.05) is 0 Å². The average Bonchev–Trinajstić information content (AvgIpc) is 3.09. The molecule has 0 bridgehead atoms. The van der Waals surface area contributed by atoms with Gasteiger partial charge in [-0.1, -0.05) is 18.2 Å². The van der Waals surface area contributed by atoms with Crippen LogP contribution in [0.5, 0.6) is 0 Å². The Morgan fingerprint density at radius 1 is 1.33 bits per heavy atom. The Labute approximate surface area is 136 Å². The maximum Gasteiger partial charge on any atom is 0.416 e. The number of likely N-dealkylation sites (tertiary alicyclic amines) is 1. The van der Waals surface area contributed by atoms with Crippen LogP contribution in [0, 0.1) is 0 Å². The molecule has 1 amide bonds. The number of carbonyl (C=O) groups is 1. The van der Waals surface area contributed by atoms with Crippen LogP contribution in [-0.4, -0.2) is 39.1 Å². The number of alkyl halides is 3. The highest BCUT2D eigenvalue weighted by atomic mass is 19.4. The standard InChI is InChI=1S/C16H17F3N4O/c17-16(18,19)13-6-2-1-4-11(13)8-14(24)23-7-3-5-12(9-23)15-20-10-21-22-15/h1-2,4,6,10,12H,3,5,7-9H2,(H,20,21,22)/t12-/m0/s1. The summed E-state index contributed by atoms with van der Waals surface area (Å²) in [6.45, 7) is 1.000. The molecule has 1 aromatic heterocycles. The van der Waals surface area contributed by atoms with Crippen LogP contribution in [0.1, 0.15) is 35.7 Å². The smallest absolute Gasteiger partial charge is 0.342 e. The van der Waals surface area contributed by atoms with Crippen molar-refractivity contribution in [2.75, 3.05) is 13.1 Å². The van der Waals surface area contributed by atoms with E-state index in [1.165, 1.54) is 24.5 Å². The van der Waals surface area contributed by atoms with E-state index < -0.39 is 11.7 Å². The molecule has 1 saturated heterocycles. The van der Waals surface area contributed by atoms with E-state index in [4.69, 9.17) is 0 Å². The van der Waals surface area contributed by atoms with Gasteiger partial charge >= 0.3 is 6.18 Å². The van der Waals surface area contributed by atoms with Gasteiger partial charge in [-0.3, -0.25) is 9.89 Å². The molecule has 24 heavy (non-hydrogen) atoms. The minimum atomic E-state index is -4.46. The fourth-order valence-electron chi connectivity index (χ4n) is 3.06. The minimum Gasteiger partial charge on any atom is -0.342 e. The summed E-state index contributed by atoms with van der Waals surface area (Å²) in [6, 6.07) is 5.22. The van der Waals surface area contributed by atoms with E-state index in [-0.39, 0.29) is 23.8 Å². The zero-order chi connectivity index (χ0) is 17.2. The lowest BCUT2D eigenvalue weighted by Crippen LogP contribution is -2.40. The number of hydrogen-bond acceptors (Lipinski definition) is 3. The molecule has 1 atom stereocenters. The Hall–Kier alpha value is -2.38. The number of piperidine rings is 1. The molecule has 8 heteroatoms. The Balaban J connectivity index is 1.71. The van der Waals surface area contributed by atoms with Crippen molar-refractivity contribution in [1.29, 1.82) is 0 Å². The predicted molar refractivity (Wildman–Crippen MR) is 80.1 cm³/mol. The molecule has 1 aromatic carbocycles. The van der Waals surface area contributed by atoms with Gasteiger partial charge in [-0.2, -0.15) is 18.3 Å². The Bertz CT molecular complexity index is 700. The predicted octanol–water partition coefficient (Wildman–Crippen LogP) is 2.77. The first-order chi connectivity index (χ1) is 11.4. The van der Waals surface area contributed by atoms with Gasteiger partial charge in [-0.25, -0.2) is 4.98 Å².